The molecular weight excluding hydrogens is 390 g/mol. The van der Waals surface area contributed by atoms with E-state index in [1.54, 1.807) is 7.11 Å². The second kappa shape index (κ2) is 6.33. The molecule has 2 aliphatic heterocycles. The molecule has 2 heterocycles. The SMILES string of the molecule is COc1ccc2c3c1O[C@@]1(Cc4ccccc4)C(=O)CC[C@@]4(OC)[C@@H](C2)N(C)CC[C@]314. The first-order valence-electron chi connectivity index (χ1n) is 11.2. The Balaban J connectivity index is 1.69. The maximum atomic E-state index is 14.0. The van der Waals surface area contributed by atoms with Gasteiger partial charge in [-0.3, -0.25) is 4.79 Å². The molecule has 2 bridgehead atoms. The summed E-state index contributed by atoms with van der Waals surface area (Å²) in [5.74, 6) is 1.67. The van der Waals surface area contributed by atoms with E-state index in [1.807, 2.05) is 31.4 Å². The van der Waals surface area contributed by atoms with Gasteiger partial charge in [-0.2, -0.15) is 0 Å². The van der Waals surface area contributed by atoms with Crippen LogP contribution in [0, 0.1) is 0 Å². The van der Waals surface area contributed by atoms with Crippen LogP contribution in [-0.4, -0.2) is 55.7 Å². The highest BCUT2D eigenvalue weighted by Crippen LogP contribution is 2.69. The molecule has 31 heavy (non-hydrogen) atoms. The lowest BCUT2D eigenvalue weighted by atomic mass is 9.44. The minimum Gasteiger partial charge on any atom is -0.493 e. The van der Waals surface area contributed by atoms with Crippen molar-refractivity contribution in [3.63, 3.8) is 0 Å². The monoisotopic (exact) mass is 419 g/mol. The van der Waals surface area contributed by atoms with Gasteiger partial charge in [-0.1, -0.05) is 36.4 Å². The van der Waals surface area contributed by atoms with Crippen LogP contribution in [0.1, 0.15) is 36.0 Å². The summed E-state index contributed by atoms with van der Waals surface area (Å²) >= 11 is 0. The molecule has 4 atom stereocenters. The standard InChI is InChI=1S/C26H29NO4/c1-27-14-13-24-22-18-9-10-19(29-2)23(22)31-26(24,16-17-7-5-4-6-8-17)21(28)11-12-25(24,30-3)20(27)15-18/h4-10,20H,11-16H2,1-3H3/t20-,24-,25-,26+/m1/s1. The molecule has 0 aromatic heterocycles. The van der Waals surface area contributed by atoms with E-state index in [1.165, 1.54) is 11.1 Å². The van der Waals surface area contributed by atoms with Crippen molar-refractivity contribution in [3.05, 3.63) is 59.2 Å². The largest absolute Gasteiger partial charge is 0.493 e. The van der Waals surface area contributed by atoms with E-state index in [9.17, 15) is 4.79 Å². The van der Waals surface area contributed by atoms with Gasteiger partial charge in [0.1, 0.15) is 0 Å². The van der Waals surface area contributed by atoms with Crippen LogP contribution in [-0.2, 0) is 27.8 Å². The van der Waals surface area contributed by atoms with Gasteiger partial charge in [0, 0.05) is 31.6 Å². The van der Waals surface area contributed by atoms with Gasteiger partial charge in [-0.25, -0.2) is 0 Å². The Morgan fingerprint density at radius 2 is 1.94 bits per heavy atom. The van der Waals surface area contributed by atoms with Crippen LogP contribution in [0.25, 0.3) is 0 Å². The van der Waals surface area contributed by atoms with E-state index < -0.39 is 16.6 Å². The lowest BCUT2D eigenvalue weighted by Gasteiger charge is -2.66. The summed E-state index contributed by atoms with van der Waals surface area (Å²) in [6.45, 7) is 0.916. The Bertz CT molecular complexity index is 1070. The summed E-state index contributed by atoms with van der Waals surface area (Å²) in [6, 6.07) is 14.7. The first kappa shape index (κ1) is 19.3. The molecule has 1 spiro atoms. The normalized spacial score (nSPS) is 35.5. The van der Waals surface area contributed by atoms with Gasteiger partial charge in [0.05, 0.1) is 18.1 Å². The van der Waals surface area contributed by atoms with Crippen LogP contribution < -0.4 is 9.47 Å². The average molecular weight is 420 g/mol. The van der Waals surface area contributed by atoms with E-state index >= 15 is 0 Å². The maximum Gasteiger partial charge on any atom is 0.183 e. The fraction of sp³-hybridized carbons (Fsp3) is 0.500. The van der Waals surface area contributed by atoms with Crippen LogP contribution in [0.5, 0.6) is 11.5 Å². The van der Waals surface area contributed by atoms with E-state index in [4.69, 9.17) is 14.2 Å². The topological polar surface area (TPSA) is 48.0 Å². The van der Waals surface area contributed by atoms with Gasteiger partial charge < -0.3 is 19.1 Å². The van der Waals surface area contributed by atoms with Gasteiger partial charge in [-0.15, -0.1) is 0 Å². The summed E-state index contributed by atoms with van der Waals surface area (Å²) in [6.07, 6.45) is 3.48. The molecule has 5 heteroatoms. The van der Waals surface area contributed by atoms with Crippen molar-refractivity contribution in [2.75, 3.05) is 27.8 Å². The summed E-state index contributed by atoms with van der Waals surface area (Å²) in [5, 5.41) is 0. The Morgan fingerprint density at radius 1 is 1.13 bits per heavy atom. The molecule has 2 aromatic rings. The number of nitrogens with zero attached hydrogens (tertiary/aromatic N) is 1. The van der Waals surface area contributed by atoms with E-state index in [0.717, 1.165) is 37.1 Å². The third-order valence-electron chi connectivity index (χ3n) is 8.70. The lowest BCUT2D eigenvalue weighted by molar-refractivity contribution is -0.221. The van der Waals surface area contributed by atoms with Crippen molar-refractivity contribution in [1.29, 1.82) is 0 Å². The third-order valence-corrected chi connectivity index (χ3v) is 8.70. The van der Waals surface area contributed by atoms with Crippen LogP contribution in [0.4, 0.5) is 0 Å². The molecule has 0 radical (unpaired) electrons. The first-order valence-corrected chi connectivity index (χ1v) is 11.2. The smallest absolute Gasteiger partial charge is 0.183 e. The molecule has 0 N–H and O–H groups in total. The van der Waals surface area contributed by atoms with Crippen LogP contribution in [0.3, 0.4) is 0 Å². The number of hydrogen-bond acceptors (Lipinski definition) is 5. The van der Waals surface area contributed by atoms with E-state index in [2.05, 4.69) is 30.1 Å². The average Bonchev–Trinajstić information content (AvgIpc) is 3.09. The number of likely N-dealkylation sites (N-methyl/N-ethyl adjacent to an activating group) is 1. The maximum absolute atomic E-state index is 14.0. The minimum atomic E-state index is -0.978. The van der Waals surface area contributed by atoms with Gasteiger partial charge in [0.15, 0.2) is 22.9 Å². The quantitative estimate of drug-likeness (QED) is 0.761. The fourth-order valence-electron chi connectivity index (χ4n) is 7.49. The highest BCUT2D eigenvalue weighted by atomic mass is 16.5. The molecule has 4 aliphatic rings. The van der Waals surface area contributed by atoms with Crippen molar-refractivity contribution in [3.8, 4) is 11.5 Å². The van der Waals surface area contributed by atoms with E-state index in [0.29, 0.717) is 18.6 Å². The number of benzene rings is 2. The number of methoxy groups -OCH3 is 2. The number of likely N-dealkylation sites (tertiary alicyclic amines) is 1. The molecule has 2 aromatic carbocycles. The number of carbonyl (C=O) groups is 1. The zero-order chi connectivity index (χ0) is 21.4. The molecule has 1 saturated heterocycles. The zero-order valence-corrected chi connectivity index (χ0v) is 18.4. The first-order chi connectivity index (χ1) is 15.0. The molecule has 2 fully saturated rings. The Hall–Kier alpha value is -2.37. The molecule has 1 saturated carbocycles. The minimum absolute atomic E-state index is 0.193. The number of hydrogen-bond donors (Lipinski definition) is 0. The highest BCUT2D eigenvalue weighted by Gasteiger charge is 2.79. The van der Waals surface area contributed by atoms with Crippen LogP contribution in [0.15, 0.2) is 42.5 Å². The number of carbonyl (C=O) groups excluding carboxylic acids is 1. The fourth-order valence-corrected chi connectivity index (χ4v) is 7.49. The molecule has 5 nitrogen and oxygen atoms in total. The second-order valence-corrected chi connectivity index (χ2v) is 9.60. The van der Waals surface area contributed by atoms with Gasteiger partial charge >= 0.3 is 0 Å². The van der Waals surface area contributed by atoms with Gasteiger partial charge in [-0.05, 0) is 50.0 Å². The second-order valence-electron chi connectivity index (χ2n) is 9.60. The molecule has 6 rings (SSSR count). The summed E-state index contributed by atoms with van der Waals surface area (Å²) in [4.78, 5) is 16.4. The van der Waals surface area contributed by atoms with Crippen LogP contribution in [0.2, 0.25) is 0 Å². The van der Waals surface area contributed by atoms with Gasteiger partial charge in [0.2, 0.25) is 0 Å². The van der Waals surface area contributed by atoms with Crippen LogP contribution >= 0.6 is 0 Å². The summed E-state index contributed by atoms with van der Waals surface area (Å²) < 4.78 is 19.2. The predicted octanol–water partition coefficient (Wildman–Crippen LogP) is 3.32. The molecule has 0 unspecified atom stereocenters. The van der Waals surface area contributed by atoms with E-state index in [-0.39, 0.29) is 11.8 Å². The van der Waals surface area contributed by atoms with Crippen molar-refractivity contribution < 1.29 is 19.0 Å². The number of Topliss-reactive ketones (excluding diaryl/α,β-unsaturated/α-hetero) is 1. The Morgan fingerprint density at radius 3 is 2.68 bits per heavy atom. The van der Waals surface area contributed by atoms with Crippen molar-refractivity contribution >= 4 is 5.78 Å². The summed E-state index contributed by atoms with van der Waals surface area (Å²) in [5.41, 5.74) is 1.59. The number of rotatable bonds is 4. The van der Waals surface area contributed by atoms with Crippen molar-refractivity contribution in [2.24, 2.45) is 0 Å². The summed E-state index contributed by atoms with van der Waals surface area (Å²) in [7, 11) is 5.70. The molecule has 0 amide bonds. The highest BCUT2D eigenvalue weighted by molar-refractivity contribution is 5.95. The molecule has 2 aliphatic carbocycles. The molecular formula is C26H29NO4. The number of piperidine rings is 1. The lowest BCUT2D eigenvalue weighted by Crippen LogP contribution is -2.81. The predicted molar refractivity (Wildman–Crippen MR) is 117 cm³/mol. The Kier molecular flexibility index (Phi) is 3.95. The van der Waals surface area contributed by atoms with Gasteiger partial charge in [0.25, 0.3) is 0 Å². The van der Waals surface area contributed by atoms with Crippen molar-refractivity contribution in [2.45, 2.75) is 54.8 Å². The molecule has 162 valence electrons. The Labute approximate surface area is 183 Å². The number of ether oxygens (including phenoxy) is 3. The third kappa shape index (κ3) is 2.07. The zero-order valence-electron chi connectivity index (χ0n) is 18.4. The van der Waals surface area contributed by atoms with Crippen molar-refractivity contribution in [1.82, 2.24) is 4.90 Å². The number of ketones is 1.